The predicted molar refractivity (Wildman–Crippen MR) is 112 cm³/mol. The Hall–Kier alpha value is -3.99. The molecule has 0 atom stereocenters. The van der Waals surface area contributed by atoms with E-state index in [1.807, 2.05) is 0 Å². The van der Waals surface area contributed by atoms with E-state index in [0.717, 1.165) is 23.3 Å². The molecule has 162 valence electrons. The van der Waals surface area contributed by atoms with Crippen LogP contribution in [0.1, 0.15) is 0 Å². The average molecular weight is 455 g/mol. The van der Waals surface area contributed by atoms with Gasteiger partial charge in [-0.2, -0.15) is 10.2 Å². The quantitative estimate of drug-likeness (QED) is 0.473. The molecule has 3 aromatic heterocycles. The maximum absolute atomic E-state index is 14.1. The lowest BCUT2D eigenvalue weighted by atomic mass is 9.99. The Kier molecular flexibility index (Phi) is 5.73. The zero-order valence-electron chi connectivity index (χ0n) is 16.5. The maximum Gasteiger partial charge on any atom is 0.264 e. The molecule has 0 aliphatic carbocycles. The number of nitrogens with zero attached hydrogens (tertiary/aromatic N) is 4. The number of halogens is 2. The number of hydrogen-bond donors (Lipinski definition) is 1. The van der Waals surface area contributed by atoms with Crippen molar-refractivity contribution in [3.63, 3.8) is 0 Å². The third kappa shape index (κ3) is 4.23. The van der Waals surface area contributed by atoms with Gasteiger partial charge in [0, 0.05) is 41.3 Å². The molecule has 4 aromatic rings. The van der Waals surface area contributed by atoms with Gasteiger partial charge < -0.3 is 4.74 Å². The molecule has 3 heterocycles. The fraction of sp³-hybridized carbons (Fsp3) is 0.0476. The lowest BCUT2D eigenvalue weighted by molar-refractivity contribution is 0.400. The number of anilines is 1. The van der Waals surface area contributed by atoms with Crippen molar-refractivity contribution in [2.75, 3.05) is 11.8 Å². The largest absolute Gasteiger partial charge is 0.480 e. The Bertz CT molecular complexity index is 1390. The third-order valence-corrected chi connectivity index (χ3v) is 5.90. The molecule has 8 nitrogen and oxygen atoms in total. The molecule has 11 heteroatoms. The molecule has 0 fully saturated rings. The summed E-state index contributed by atoms with van der Waals surface area (Å²) in [6.45, 7) is 0. The highest BCUT2D eigenvalue weighted by Crippen LogP contribution is 2.35. The number of hydrogen-bond acceptors (Lipinski definition) is 7. The second-order valence-corrected chi connectivity index (χ2v) is 8.16. The minimum atomic E-state index is -4.40. The van der Waals surface area contributed by atoms with Gasteiger partial charge in [0.1, 0.15) is 22.2 Å². The van der Waals surface area contributed by atoms with Gasteiger partial charge >= 0.3 is 0 Å². The second-order valence-electron chi connectivity index (χ2n) is 6.51. The van der Waals surface area contributed by atoms with Gasteiger partial charge in [-0.3, -0.25) is 9.71 Å². The first-order valence-electron chi connectivity index (χ1n) is 9.12. The summed E-state index contributed by atoms with van der Waals surface area (Å²) < 4.78 is 60.2. The monoisotopic (exact) mass is 455 g/mol. The first-order chi connectivity index (χ1) is 15.4. The van der Waals surface area contributed by atoms with Crippen LogP contribution in [0.15, 0.2) is 72.3 Å². The summed E-state index contributed by atoms with van der Waals surface area (Å²) in [5.41, 5.74) is 2.66. The van der Waals surface area contributed by atoms with Crippen molar-refractivity contribution in [1.29, 1.82) is 0 Å². The lowest BCUT2D eigenvalue weighted by Crippen LogP contribution is -2.16. The first kappa shape index (κ1) is 21.2. The van der Waals surface area contributed by atoms with Crippen LogP contribution in [0.4, 0.5) is 14.5 Å². The Labute approximate surface area is 182 Å². The molecule has 0 aliphatic heterocycles. The number of pyridine rings is 2. The number of aromatic nitrogens is 4. The lowest BCUT2D eigenvalue weighted by Gasteiger charge is -2.14. The minimum absolute atomic E-state index is 0.0311. The van der Waals surface area contributed by atoms with E-state index < -0.39 is 26.6 Å². The smallest absolute Gasteiger partial charge is 0.264 e. The molecule has 1 aromatic carbocycles. The number of methoxy groups -OCH3 is 1. The highest BCUT2D eigenvalue weighted by molar-refractivity contribution is 7.92. The molecule has 32 heavy (non-hydrogen) atoms. The van der Waals surface area contributed by atoms with Crippen LogP contribution in [-0.2, 0) is 10.0 Å². The van der Waals surface area contributed by atoms with Gasteiger partial charge in [0.25, 0.3) is 10.0 Å². The normalized spacial score (nSPS) is 11.2. The Morgan fingerprint density at radius 3 is 2.47 bits per heavy atom. The van der Waals surface area contributed by atoms with E-state index in [9.17, 15) is 17.2 Å². The van der Waals surface area contributed by atoms with Crippen LogP contribution in [0.2, 0.25) is 0 Å². The fourth-order valence-corrected chi connectivity index (χ4v) is 4.16. The first-order valence-corrected chi connectivity index (χ1v) is 10.6. The fourth-order valence-electron chi connectivity index (χ4n) is 3.05. The molecule has 4 rings (SSSR count). The van der Waals surface area contributed by atoms with Gasteiger partial charge in [-0.15, -0.1) is 0 Å². The summed E-state index contributed by atoms with van der Waals surface area (Å²) in [5, 5.41) is 7.64. The minimum Gasteiger partial charge on any atom is -0.480 e. The van der Waals surface area contributed by atoms with E-state index in [2.05, 4.69) is 24.9 Å². The molecule has 0 saturated heterocycles. The van der Waals surface area contributed by atoms with Crippen molar-refractivity contribution in [2.24, 2.45) is 0 Å². The summed E-state index contributed by atoms with van der Waals surface area (Å²) in [7, 11) is -3.08. The van der Waals surface area contributed by atoms with Crippen molar-refractivity contribution in [3.05, 3.63) is 79.0 Å². The number of benzene rings is 1. The Balaban J connectivity index is 1.79. The van der Waals surface area contributed by atoms with Crippen LogP contribution in [0.3, 0.4) is 0 Å². The molecule has 0 unspecified atom stereocenters. The van der Waals surface area contributed by atoms with Crippen LogP contribution in [0.5, 0.6) is 5.88 Å². The van der Waals surface area contributed by atoms with Crippen molar-refractivity contribution in [2.45, 2.75) is 4.90 Å². The van der Waals surface area contributed by atoms with Crippen molar-refractivity contribution < 1.29 is 21.9 Å². The van der Waals surface area contributed by atoms with Crippen molar-refractivity contribution >= 4 is 15.7 Å². The van der Waals surface area contributed by atoms with E-state index in [-0.39, 0.29) is 11.6 Å². The molecular weight excluding hydrogens is 440 g/mol. The zero-order chi connectivity index (χ0) is 22.7. The summed E-state index contributed by atoms with van der Waals surface area (Å²) >= 11 is 0. The Morgan fingerprint density at radius 2 is 1.75 bits per heavy atom. The molecule has 0 bridgehead atoms. The highest BCUT2D eigenvalue weighted by atomic mass is 32.2. The van der Waals surface area contributed by atoms with E-state index in [4.69, 9.17) is 4.74 Å². The van der Waals surface area contributed by atoms with Gasteiger partial charge in [-0.1, -0.05) is 0 Å². The van der Waals surface area contributed by atoms with Gasteiger partial charge in [-0.05, 0) is 35.9 Å². The third-order valence-electron chi connectivity index (χ3n) is 4.50. The van der Waals surface area contributed by atoms with E-state index >= 15 is 0 Å². The van der Waals surface area contributed by atoms with Gasteiger partial charge in [0.15, 0.2) is 0 Å². The Morgan fingerprint density at radius 1 is 0.906 bits per heavy atom. The summed E-state index contributed by atoms with van der Waals surface area (Å²) in [6, 6.07) is 7.21. The number of nitrogens with one attached hydrogen (secondary N) is 1. The molecule has 0 amide bonds. The van der Waals surface area contributed by atoms with Crippen LogP contribution >= 0.6 is 0 Å². The zero-order valence-corrected chi connectivity index (χ0v) is 17.3. The highest BCUT2D eigenvalue weighted by Gasteiger charge is 2.22. The summed E-state index contributed by atoms with van der Waals surface area (Å²) in [5.74, 6) is -2.14. The van der Waals surface area contributed by atoms with Gasteiger partial charge in [0.2, 0.25) is 5.88 Å². The van der Waals surface area contributed by atoms with E-state index in [1.54, 1.807) is 36.9 Å². The van der Waals surface area contributed by atoms with Crippen LogP contribution in [-0.4, -0.2) is 35.7 Å². The van der Waals surface area contributed by atoms with E-state index in [1.165, 1.54) is 19.4 Å². The van der Waals surface area contributed by atoms with Gasteiger partial charge in [-0.25, -0.2) is 22.2 Å². The van der Waals surface area contributed by atoms with Crippen LogP contribution in [0, 0.1) is 11.6 Å². The second kappa shape index (κ2) is 8.63. The number of rotatable bonds is 6. The predicted octanol–water partition coefficient (Wildman–Crippen LogP) is 3.69. The van der Waals surface area contributed by atoms with Crippen molar-refractivity contribution in [3.8, 4) is 28.1 Å². The standard InChI is InChI=1S/C21H15F2N5O3S/c1-31-21-19(28-32(29,30)20-3-2-15(22)9-18(20)23)8-14(10-25-21)17-12-24-6-5-16(17)13-4-7-26-27-11-13/h2-12,28H,1H3. The SMILES string of the molecule is COc1ncc(-c2cnccc2-c2ccnnc2)cc1NS(=O)(=O)c1ccc(F)cc1F. The summed E-state index contributed by atoms with van der Waals surface area (Å²) in [6.07, 6.45) is 7.82. The maximum atomic E-state index is 14.1. The molecule has 0 aliphatic rings. The average Bonchev–Trinajstić information content (AvgIpc) is 2.79. The molecule has 1 N–H and O–H groups in total. The molecular formula is C21H15F2N5O3S. The molecule has 0 saturated carbocycles. The number of ether oxygens (including phenoxy) is 1. The summed E-state index contributed by atoms with van der Waals surface area (Å²) in [4.78, 5) is 7.59. The van der Waals surface area contributed by atoms with Crippen molar-refractivity contribution in [1.82, 2.24) is 20.2 Å². The topological polar surface area (TPSA) is 107 Å². The van der Waals surface area contributed by atoms with E-state index in [0.29, 0.717) is 17.2 Å². The van der Waals surface area contributed by atoms with Crippen LogP contribution < -0.4 is 9.46 Å². The molecule has 0 spiro atoms. The van der Waals surface area contributed by atoms with Crippen LogP contribution in [0.25, 0.3) is 22.3 Å². The number of sulfonamides is 1. The van der Waals surface area contributed by atoms with Gasteiger partial charge in [0.05, 0.1) is 19.5 Å². The molecule has 0 radical (unpaired) electrons.